The van der Waals surface area contributed by atoms with E-state index >= 15 is 0 Å². The molecule has 1 aromatic carbocycles. The van der Waals surface area contributed by atoms with Gasteiger partial charge < -0.3 is 10.1 Å². The van der Waals surface area contributed by atoms with Crippen molar-refractivity contribution in [1.29, 1.82) is 0 Å². The minimum Gasteiger partial charge on any atom is -0.376 e. The van der Waals surface area contributed by atoms with Gasteiger partial charge in [-0.1, -0.05) is 0 Å². The van der Waals surface area contributed by atoms with Crippen molar-refractivity contribution in [3.05, 3.63) is 40.7 Å². The van der Waals surface area contributed by atoms with Crippen LogP contribution in [0, 0.1) is 12.7 Å². The summed E-state index contributed by atoms with van der Waals surface area (Å²) in [5.41, 5.74) is 1.50. The zero-order valence-electron chi connectivity index (χ0n) is 12.3. The van der Waals surface area contributed by atoms with Gasteiger partial charge in [-0.15, -0.1) is 11.3 Å². The summed E-state index contributed by atoms with van der Waals surface area (Å²) in [7, 11) is 0. The minimum absolute atomic E-state index is 0.119. The molecule has 116 valence electrons. The van der Waals surface area contributed by atoms with Gasteiger partial charge in [0.05, 0.1) is 11.8 Å². The van der Waals surface area contributed by atoms with E-state index in [1.165, 1.54) is 23.5 Å². The Labute approximate surface area is 132 Å². The lowest BCUT2D eigenvalue weighted by Gasteiger charge is -2.09. The molecule has 0 saturated carbocycles. The normalized spacial score (nSPS) is 17.6. The molecule has 0 spiro atoms. The van der Waals surface area contributed by atoms with Gasteiger partial charge in [0.25, 0.3) is 5.91 Å². The molecule has 1 amide bonds. The predicted molar refractivity (Wildman–Crippen MR) is 83.6 cm³/mol. The number of amides is 1. The van der Waals surface area contributed by atoms with Crippen LogP contribution in [0.4, 0.5) is 4.39 Å². The van der Waals surface area contributed by atoms with Crippen molar-refractivity contribution < 1.29 is 13.9 Å². The molecule has 22 heavy (non-hydrogen) atoms. The average molecular weight is 320 g/mol. The minimum atomic E-state index is -0.286. The summed E-state index contributed by atoms with van der Waals surface area (Å²) >= 11 is 1.32. The second-order valence-electron chi connectivity index (χ2n) is 5.29. The number of hydrogen-bond acceptors (Lipinski definition) is 4. The smallest absolute Gasteiger partial charge is 0.263 e. The lowest BCUT2D eigenvalue weighted by molar-refractivity contribution is 0.0860. The van der Waals surface area contributed by atoms with Crippen molar-refractivity contribution in [2.75, 3.05) is 13.2 Å². The first-order chi connectivity index (χ1) is 10.6. The number of halogens is 1. The third-order valence-electron chi connectivity index (χ3n) is 3.61. The molecule has 0 aliphatic carbocycles. The molecule has 1 aliphatic heterocycles. The second kappa shape index (κ2) is 6.54. The Morgan fingerprint density at radius 2 is 2.23 bits per heavy atom. The highest BCUT2D eigenvalue weighted by Gasteiger charge is 2.19. The van der Waals surface area contributed by atoms with Crippen LogP contribution in [0.3, 0.4) is 0 Å². The van der Waals surface area contributed by atoms with Crippen LogP contribution in [0.2, 0.25) is 0 Å². The lowest BCUT2D eigenvalue weighted by atomic mass is 10.2. The Morgan fingerprint density at radius 1 is 1.45 bits per heavy atom. The number of thiazole rings is 1. The molecule has 1 atom stereocenters. The summed E-state index contributed by atoms with van der Waals surface area (Å²) in [5, 5.41) is 3.62. The number of hydrogen-bond donors (Lipinski definition) is 1. The first-order valence-electron chi connectivity index (χ1n) is 7.26. The van der Waals surface area contributed by atoms with E-state index < -0.39 is 0 Å². The molecule has 1 N–H and O–H groups in total. The Morgan fingerprint density at radius 3 is 2.91 bits per heavy atom. The number of carbonyl (C=O) groups is 1. The molecule has 0 bridgehead atoms. The molecule has 0 unspecified atom stereocenters. The standard InChI is InChI=1S/C16H17FN2O2S/c1-10-14(15(20)18-9-13-3-2-8-21-13)22-16(19-10)11-4-6-12(17)7-5-11/h4-7,13H,2-3,8-9H2,1H3,(H,18,20)/t13-/m0/s1. The van der Waals surface area contributed by atoms with Gasteiger partial charge in [0.1, 0.15) is 15.7 Å². The Kier molecular flexibility index (Phi) is 4.49. The Bertz CT molecular complexity index is 663. The zero-order chi connectivity index (χ0) is 15.5. The molecule has 1 aromatic heterocycles. The van der Waals surface area contributed by atoms with Crippen molar-refractivity contribution in [3.63, 3.8) is 0 Å². The van der Waals surface area contributed by atoms with Crippen LogP contribution in [0.1, 0.15) is 28.2 Å². The van der Waals surface area contributed by atoms with Gasteiger partial charge in [-0.05, 0) is 44.0 Å². The molecule has 3 rings (SSSR count). The third-order valence-corrected chi connectivity index (χ3v) is 4.81. The molecule has 1 saturated heterocycles. The highest BCUT2D eigenvalue weighted by atomic mass is 32.1. The number of benzene rings is 1. The van der Waals surface area contributed by atoms with Gasteiger partial charge in [0.2, 0.25) is 0 Å². The Hall–Kier alpha value is -1.79. The van der Waals surface area contributed by atoms with E-state index in [1.807, 2.05) is 6.92 Å². The van der Waals surface area contributed by atoms with E-state index in [9.17, 15) is 9.18 Å². The number of aryl methyl sites for hydroxylation is 1. The maximum Gasteiger partial charge on any atom is 0.263 e. The van der Waals surface area contributed by atoms with E-state index in [2.05, 4.69) is 10.3 Å². The molecule has 4 nitrogen and oxygen atoms in total. The SMILES string of the molecule is Cc1nc(-c2ccc(F)cc2)sc1C(=O)NC[C@@H]1CCCO1. The first-order valence-corrected chi connectivity index (χ1v) is 8.08. The third kappa shape index (κ3) is 3.34. The quantitative estimate of drug-likeness (QED) is 0.941. The topological polar surface area (TPSA) is 51.2 Å². The fourth-order valence-corrected chi connectivity index (χ4v) is 3.40. The number of nitrogens with one attached hydrogen (secondary N) is 1. The van der Waals surface area contributed by atoms with Gasteiger partial charge in [-0.25, -0.2) is 9.37 Å². The summed E-state index contributed by atoms with van der Waals surface area (Å²) in [5.74, 6) is -0.412. The fraction of sp³-hybridized carbons (Fsp3) is 0.375. The van der Waals surface area contributed by atoms with Crippen LogP contribution >= 0.6 is 11.3 Å². The van der Waals surface area contributed by atoms with Crippen molar-refractivity contribution >= 4 is 17.2 Å². The zero-order valence-corrected chi connectivity index (χ0v) is 13.1. The van der Waals surface area contributed by atoms with E-state index in [4.69, 9.17) is 4.74 Å². The number of aromatic nitrogens is 1. The van der Waals surface area contributed by atoms with Crippen molar-refractivity contribution in [2.24, 2.45) is 0 Å². The average Bonchev–Trinajstić information content (AvgIpc) is 3.15. The van der Waals surface area contributed by atoms with Crippen molar-refractivity contribution in [1.82, 2.24) is 10.3 Å². The van der Waals surface area contributed by atoms with Crippen molar-refractivity contribution in [2.45, 2.75) is 25.9 Å². The number of rotatable bonds is 4. The summed E-state index contributed by atoms with van der Waals surface area (Å²) < 4.78 is 18.5. The number of nitrogens with zero attached hydrogens (tertiary/aromatic N) is 1. The summed E-state index contributed by atoms with van der Waals surface area (Å²) in [6, 6.07) is 6.12. The van der Waals surface area contributed by atoms with E-state index in [1.54, 1.807) is 12.1 Å². The Balaban J connectivity index is 1.71. The van der Waals surface area contributed by atoms with Crippen LogP contribution < -0.4 is 5.32 Å². The van der Waals surface area contributed by atoms with Crippen LogP contribution in [0.15, 0.2) is 24.3 Å². The maximum absolute atomic E-state index is 13.0. The van der Waals surface area contributed by atoms with Gasteiger partial charge in [-0.3, -0.25) is 4.79 Å². The van der Waals surface area contributed by atoms with Crippen LogP contribution in [0.25, 0.3) is 10.6 Å². The van der Waals surface area contributed by atoms with Gasteiger partial charge in [0, 0.05) is 18.7 Å². The molecule has 0 radical (unpaired) electrons. The summed E-state index contributed by atoms with van der Waals surface area (Å²) in [6.45, 7) is 3.11. The molecule has 1 aliphatic rings. The van der Waals surface area contributed by atoms with Gasteiger partial charge in [0.15, 0.2) is 0 Å². The van der Waals surface area contributed by atoms with Gasteiger partial charge >= 0.3 is 0 Å². The lowest BCUT2D eigenvalue weighted by Crippen LogP contribution is -2.31. The van der Waals surface area contributed by atoms with E-state index in [0.29, 0.717) is 17.1 Å². The molecule has 1 fully saturated rings. The number of ether oxygens (including phenoxy) is 1. The van der Waals surface area contributed by atoms with E-state index in [-0.39, 0.29) is 17.8 Å². The van der Waals surface area contributed by atoms with Gasteiger partial charge in [-0.2, -0.15) is 0 Å². The molecule has 6 heteroatoms. The summed E-state index contributed by atoms with van der Waals surface area (Å²) in [6.07, 6.45) is 2.16. The van der Waals surface area contributed by atoms with Crippen LogP contribution in [-0.2, 0) is 4.74 Å². The fourth-order valence-electron chi connectivity index (χ4n) is 2.42. The molecular weight excluding hydrogens is 303 g/mol. The highest BCUT2D eigenvalue weighted by molar-refractivity contribution is 7.17. The predicted octanol–water partition coefficient (Wildman–Crippen LogP) is 3.17. The monoisotopic (exact) mass is 320 g/mol. The maximum atomic E-state index is 13.0. The first kappa shape index (κ1) is 15.1. The molecule has 2 heterocycles. The van der Waals surface area contributed by atoms with Crippen LogP contribution in [0.5, 0.6) is 0 Å². The highest BCUT2D eigenvalue weighted by Crippen LogP contribution is 2.28. The second-order valence-corrected chi connectivity index (χ2v) is 6.28. The summed E-state index contributed by atoms with van der Waals surface area (Å²) in [4.78, 5) is 17.3. The molecule has 2 aromatic rings. The number of carbonyl (C=O) groups excluding carboxylic acids is 1. The van der Waals surface area contributed by atoms with Crippen LogP contribution in [-0.4, -0.2) is 30.1 Å². The molecular formula is C16H17FN2O2S. The van der Waals surface area contributed by atoms with Crippen molar-refractivity contribution in [3.8, 4) is 10.6 Å². The van der Waals surface area contributed by atoms with E-state index in [0.717, 1.165) is 30.0 Å². The largest absolute Gasteiger partial charge is 0.376 e.